The summed E-state index contributed by atoms with van der Waals surface area (Å²) in [6.07, 6.45) is 2.41. The van der Waals surface area contributed by atoms with Crippen molar-refractivity contribution >= 4 is 46.7 Å². The molecule has 1 aliphatic carbocycles. The van der Waals surface area contributed by atoms with Gasteiger partial charge < -0.3 is 10.1 Å². The maximum absolute atomic E-state index is 12.8. The summed E-state index contributed by atoms with van der Waals surface area (Å²) in [4.78, 5) is 51.4. The molecule has 0 aromatic heterocycles. The van der Waals surface area contributed by atoms with Crippen LogP contribution in [-0.4, -0.2) is 30.3 Å². The van der Waals surface area contributed by atoms with E-state index in [4.69, 9.17) is 16.3 Å². The van der Waals surface area contributed by atoms with Crippen molar-refractivity contribution in [3.63, 3.8) is 0 Å². The monoisotopic (exact) mass is 468 g/mol. The van der Waals surface area contributed by atoms with E-state index in [0.29, 0.717) is 22.3 Å². The average Bonchev–Trinajstić information content (AvgIpc) is 3.04. The van der Waals surface area contributed by atoms with E-state index in [2.05, 4.69) is 12.2 Å². The van der Waals surface area contributed by atoms with Crippen LogP contribution in [-0.2, 0) is 19.1 Å². The lowest BCUT2D eigenvalue weighted by atomic mass is 9.76. The number of ether oxygens (including phenoxy) is 1. The van der Waals surface area contributed by atoms with Gasteiger partial charge >= 0.3 is 5.97 Å². The first-order chi connectivity index (χ1) is 15.8. The molecule has 172 valence electrons. The number of imide groups is 1. The van der Waals surface area contributed by atoms with Gasteiger partial charge in [-0.05, 0) is 74.1 Å². The van der Waals surface area contributed by atoms with Crippen LogP contribution in [0.5, 0.6) is 0 Å². The molecule has 8 heteroatoms. The molecule has 1 aliphatic heterocycles. The maximum atomic E-state index is 12.8. The van der Waals surface area contributed by atoms with Crippen molar-refractivity contribution in [1.82, 2.24) is 0 Å². The number of carbonyl (C=O) groups excluding carboxylic acids is 4. The number of rotatable bonds is 5. The van der Waals surface area contributed by atoms with Crippen LogP contribution in [0.2, 0.25) is 5.02 Å². The van der Waals surface area contributed by atoms with Crippen LogP contribution < -0.4 is 10.2 Å². The van der Waals surface area contributed by atoms with E-state index in [1.807, 2.05) is 0 Å². The first kappa shape index (κ1) is 23.0. The first-order valence-electron chi connectivity index (χ1n) is 11.0. The lowest BCUT2D eigenvalue weighted by Crippen LogP contribution is -2.30. The van der Waals surface area contributed by atoms with Gasteiger partial charge in [0.15, 0.2) is 6.61 Å². The molecule has 1 N–H and O–H groups in total. The van der Waals surface area contributed by atoms with E-state index >= 15 is 0 Å². The molecular weight excluding hydrogens is 444 g/mol. The van der Waals surface area contributed by atoms with Crippen LogP contribution in [0.4, 0.5) is 11.4 Å². The zero-order valence-corrected chi connectivity index (χ0v) is 19.2. The second-order valence-electron chi connectivity index (χ2n) is 8.73. The van der Waals surface area contributed by atoms with Crippen molar-refractivity contribution in [3.8, 4) is 0 Å². The topological polar surface area (TPSA) is 92.8 Å². The number of anilines is 2. The van der Waals surface area contributed by atoms with Crippen LogP contribution in [0.25, 0.3) is 0 Å². The predicted molar refractivity (Wildman–Crippen MR) is 124 cm³/mol. The average molecular weight is 469 g/mol. The number of nitrogens with zero attached hydrogens (tertiary/aromatic N) is 1. The van der Waals surface area contributed by atoms with Gasteiger partial charge in [0, 0.05) is 10.7 Å². The number of nitrogens with one attached hydrogen (secondary N) is 1. The molecule has 33 heavy (non-hydrogen) atoms. The fraction of sp³-hybridized carbons (Fsp3) is 0.360. The molecule has 0 unspecified atom stereocenters. The predicted octanol–water partition coefficient (Wildman–Crippen LogP) is 4.37. The van der Waals surface area contributed by atoms with E-state index < -0.39 is 18.5 Å². The summed E-state index contributed by atoms with van der Waals surface area (Å²) in [5.74, 6) is -1.58. The molecule has 2 aromatic rings. The Morgan fingerprint density at radius 1 is 1.06 bits per heavy atom. The molecule has 1 heterocycles. The Kier molecular flexibility index (Phi) is 6.51. The van der Waals surface area contributed by atoms with Crippen molar-refractivity contribution < 1.29 is 23.9 Å². The second-order valence-corrected chi connectivity index (χ2v) is 9.13. The van der Waals surface area contributed by atoms with Gasteiger partial charge in [-0.3, -0.25) is 19.3 Å². The zero-order valence-electron chi connectivity index (χ0n) is 18.5. The molecule has 7 nitrogen and oxygen atoms in total. The highest BCUT2D eigenvalue weighted by atomic mass is 35.5. The van der Waals surface area contributed by atoms with Crippen molar-refractivity contribution in [2.75, 3.05) is 16.8 Å². The third-order valence-electron chi connectivity index (χ3n) is 6.42. The minimum atomic E-state index is -0.680. The van der Waals surface area contributed by atoms with Crippen molar-refractivity contribution in [1.29, 1.82) is 0 Å². The van der Waals surface area contributed by atoms with Crippen LogP contribution in [0.15, 0.2) is 42.5 Å². The lowest BCUT2D eigenvalue weighted by Gasteiger charge is -2.25. The van der Waals surface area contributed by atoms with E-state index in [9.17, 15) is 19.2 Å². The molecular formula is C25H25ClN2O5. The smallest absolute Gasteiger partial charge is 0.338 e. The normalized spacial score (nSPS) is 22.2. The molecule has 0 bridgehead atoms. The van der Waals surface area contributed by atoms with E-state index in [1.165, 1.54) is 17.0 Å². The SMILES string of the molecule is Cc1c(Cl)cccc1NC(=O)COC(=O)c1ccc(N2C(=O)[C@@H]3CC[C@H](C)C[C@H]3C2=O)cc1. The van der Waals surface area contributed by atoms with Gasteiger partial charge in [0.05, 0.1) is 23.1 Å². The number of halogens is 1. The van der Waals surface area contributed by atoms with Crippen LogP contribution in [0.3, 0.4) is 0 Å². The minimum absolute atomic E-state index is 0.166. The molecule has 3 atom stereocenters. The van der Waals surface area contributed by atoms with Gasteiger partial charge in [0.2, 0.25) is 11.8 Å². The number of hydrogen-bond donors (Lipinski definition) is 1. The highest BCUT2D eigenvalue weighted by molar-refractivity contribution is 6.31. The fourth-order valence-electron chi connectivity index (χ4n) is 4.53. The van der Waals surface area contributed by atoms with E-state index in [0.717, 1.165) is 24.8 Å². The Morgan fingerprint density at radius 3 is 2.48 bits per heavy atom. The van der Waals surface area contributed by atoms with Crippen LogP contribution in [0, 0.1) is 24.7 Å². The largest absolute Gasteiger partial charge is 0.452 e. The Morgan fingerprint density at radius 2 is 1.76 bits per heavy atom. The number of benzene rings is 2. The Bertz CT molecular complexity index is 1110. The Hall–Kier alpha value is -3.19. The van der Waals surface area contributed by atoms with Gasteiger partial charge in [-0.2, -0.15) is 0 Å². The highest BCUT2D eigenvalue weighted by Crippen LogP contribution is 2.42. The molecule has 0 radical (unpaired) electrons. The van der Waals surface area contributed by atoms with Gasteiger partial charge in [-0.15, -0.1) is 0 Å². The molecule has 3 amide bonds. The number of esters is 1. The van der Waals surface area contributed by atoms with Crippen LogP contribution >= 0.6 is 11.6 Å². The van der Waals surface area contributed by atoms with Gasteiger partial charge in [-0.1, -0.05) is 24.6 Å². The molecule has 2 aromatic carbocycles. The third-order valence-corrected chi connectivity index (χ3v) is 6.83. The number of hydrogen-bond acceptors (Lipinski definition) is 5. The molecule has 4 rings (SSSR count). The van der Waals surface area contributed by atoms with Gasteiger partial charge in [0.25, 0.3) is 5.91 Å². The summed E-state index contributed by atoms with van der Waals surface area (Å²) < 4.78 is 5.10. The summed E-state index contributed by atoms with van der Waals surface area (Å²) in [5, 5.41) is 3.18. The van der Waals surface area contributed by atoms with Crippen molar-refractivity contribution in [2.45, 2.75) is 33.1 Å². The maximum Gasteiger partial charge on any atom is 0.338 e. The summed E-state index contributed by atoms with van der Waals surface area (Å²) in [5.41, 5.74) is 1.92. The van der Waals surface area contributed by atoms with Gasteiger partial charge in [0.1, 0.15) is 0 Å². The van der Waals surface area contributed by atoms with Crippen LogP contribution in [0.1, 0.15) is 42.1 Å². The second kappa shape index (κ2) is 9.35. The molecule has 1 saturated heterocycles. The van der Waals surface area contributed by atoms with Crippen molar-refractivity contribution in [2.24, 2.45) is 17.8 Å². The van der Waals surface area contributed by atoms with E-state index in [1.54, 1.807) is 37.3 Å². The number of amides is 3. The number of fused-ring (bicyclic) bond motifs is 1. The summed E-state index contributed by atoms with van der Waals surface area (Å²) in [7, 11) is 0. The first-order valence-corrected chi connectivity index (χ1v) is 11.3. The molecule has 2 fully saturated rings. The van der Waals surface area contributed by atoms with Gasteiger partial charge in [-0.25, -0.2) is 4.79 Å². The Balaban J connectivity index is 1.36. The Labute approximate surface area is 197 Å². The fourth-order valence-corrected chi connectivity index (χ4v) is 4.71. The third kappa shape index (κ3) is 4.64. The quantitative estimate of drug-likeness (QED) is 0.519. The summed E-state index contributed by atoms with van der Waals surface area (Å²) in [6, 6.07) is 11.2. The van der Waals surface area contributed by atoms with Crippen molar-refractivity contribution in [3.05, 3.63) is 58.6 Å². The minimum Gasteiger partial charge on any atom is -0.452 e. The zero-order chi connectivity index (χ0) is 23.7. The lowest BCUT2D eigenvalue weighted by molar-refractivity contribution is -0.122. The summed E-state index contributed by atoms with van der Waals surface area (Å²) in [6.45, 7) is 3.42. The van der Waals surface area contributed by atoms with E-state index in [-0.39, 0.29) is 29.2 Å². The highest BCUT2D eigenvalue weighted by Gasteiger charge is 2.49. The number of carbonyl (C=O) groups is 4. The molecule has 1 saturated carbocycles. The molecule has 0 spiro atoms. The summed E-state index contributed by atoms with van der Waals surface area (Å²) >= 11 is 6.04. The molecule has 2 aliphatic rings. The standard InChI is InChI=1S/C25H25ClN2O5/c1-14-6-11-18-19(12-14)24(31)28(23(18)30)17-9-7-16(8-10-17)25(32)33-13-22(29)27-21-5-3-4-20(26)15(21)2/h3-5,7-10,14,18-19H,6,11-13H2,1-2H3,(H,27,29)/t14-,18+,19+/m0/s1.